The standard InChI is InChI=1S/C16H15F3N2O5/c17-16(18,19)26-12-6-1-10(2-7-12)3-8-14(23)25-9-13(22)21-15(24)20-11-4-5-11/h1-3,6-8,11H,4-5,9H2,(H2,20,21,22,24)/b8-3+. The molecule has 1 aliphatic rings. The van der Waals surface area contributed by atoms with Gasteiger partial charge in [-0.2, -0.15) is 0 Å². The minimum Gasteiger partial charge on any atom is -0.452 e. The van der Waals surface area contributed by atoms with Crippen molar-refractivity contribution in [3.05, 3.63) is 35.9 Å². The minimum absolute atomic E-state index is 0.0844. The van der Waals surface area contributed by atoms with Gasteiger partial charge in [0, 0.05) is 12.1 Å². The summed E-state index contributed by atoms with van der Waals surface area (Å²) in [4.78, 5) is 34.2. The number of nitrogens with one attached hydrogen (secondary N) is 2. The van der Waals surface area contributed by atoms with Crippen molar-refractivity contribution in [2.45, 2.75) is 25.2 Å². The summed E-state index contributed by atoms with van der Waals surface area (Å²) in [6, 6.07) is 4.22. The van der Waals surface area contributed by atoms with Crippen LogP contribution in [0.5, 0.6) is 5.75 Å². The Bertz CT molecular complexity index is 697. The highest BCUT2D eigenvalue weighted by atomic mass is 19.4. The van der Waals surface area contributed by atoms with Crippen LogP contribution in [0, 0.1) is 0 Å². The van der Waals surface area contributed by atoms with Crippen molar-refractivity contribution in [3.8, 4) is 5.75 Å². The largest absolute Gasteiger partial charge is 0.573 e. The van der Waals surface area contributed by atoms with E-state index < -0.39 is 36.6 Å². The number of urea groups is 1. The molecule has 0 unspecified atom stereocenters. The number of carbonyl (C=O) groups is 3. The summed E-state index contributed by atoms with van der Waals surface area (Å²) in [5.41, 5.74) is 0.421. The Hall–Kier alpha value is -3.04. The fourth-order valence-corrected chi connectivity index (χ4v) is 1.74. The molecule has 2 N–H and O–H groups in total. The molecule has 1 aromatic carbocycles. The van der Waals surface area contributed by atoms with Crippen LogP contribution in [0.1, 0.15) is 18.4 Å². The van der Waals surface area contributed by atoms with Gasteiger partial charge < -0.3 is 14.8 Å². The van der Waals surface area contributed by atoms with Gasteiger partial charge in [-0.1, -0.05) is 12.1 Å². The summed E-state index contributed by atoms with van der Waals surface area (Å²) in [5.74, 6) is -2.02. The van der Waals surface area contributed by atoms with Gasteiger partial charge in [-0.15, -0.1) is 13.2 Å². The molecule has 140 valence electrons. The Morgan fingerprint density at radius 3 is 2.38 bits per heavy atom. The van der Waals surface area contributed by atoms with E-state index in [0.717, 1.165) is 31.1 Å². The second kappa shape index (κ2) is 8.37. The SMILES string of the molecule is O=C(COC(=O)/C=C/c1ccc(OC(F)(F)F)cc1)NC(=O)NC1CC1. The predicted molar refractivity (Wildman–Crippen MR) is 82.8 cm³/mol. The normalized spacial score (nSPS) is 14.0. The van der Waals surface area contributed by atoms with E-state index in [4.69, 9.17) is 0 Å². The van der Waals surface area contributed by atoms with Crippen molar-refractivity contribution in [2.24, 2.45) is 0 Å². The van der Waals surface area contributed by atoms with Crippen molar-refractivity contribution in [1.29, 1.82) is 0 Å². The first kappa shape index (κ1) is 19.3. The molecule has 0 saturated heterocycles. The number of ether oxygens (including phenoxy) is 2. The van der Waals surface area contributed by atoms with E-state index in [9.17, 15) is 27.6 Å². The van der Waals surface area contributed by atoms with Crippen molar-refractivity contribution in [1.82, 2.24) is 10.6 Å². The number of benzene rings is 1. The monoisotopic (exact) mass is 372 g/mol. The highest BCUT2D eigenvalue weighted by Gasteiger charge is 2.30. The Morgan fingerprint density at radius 1 is 1.15 bits per heavy atom. The summed E-state index contributed by atoms with van der Waals surface area (Å²) in [6.07, 6.45) is -0.763. The maximum Gasteiger partial charge on any atom is 0.573 e. The molecule has 0 aromatic heterocycles. The molecule has 1 aromatic rings. The predicted octanol–water partition coefficient (Wildman–Crippen LogP) is 2.13. The van der Waals surface area contributed by atoms with Crippen LogP contribution in [0.3, 0.4) is 0 Å². The number of alkyl halides is 3. The minimum atomic E-state index is -4.78. The van der Waals surface area contributed by atoms with Crippen LogP contribution in [0.4, 0.5) is 18.0 Å². The molecule has 1 fully saturated rings. The van der Waals surface area contributed by atoms with Gasteiger partial charge in [0.15, 0.2) is 6.61 Å². The second-order valence-electron chi connectivity index (χ2n) is 5.35. The molecule has 0 aliphatic heterocycles. The summed E-state index contributed by atoms with van der Waals surface area (Å²) in [7, 11) is 0. The highest BCUT2D eigenvalue weighted by Crippen LogP contribution is 2.23. The smallest absolute Gasteiger partial charge is 0.452 e. The molecule has 0 radical (unpaired) electrons. The highest BCUT2D eigenvalue weighted by molar-refractivity contribution is 5.96. The van der Waals surface area contributed by atoms with Gasteiger partial charge in [-0.25, -0.2) is 9.59 Å². The van der Waals surface area contributed by atoms with E-state index in [-0.39, 0.29) is 6.04 Å². The third-order valence-electron chi connectivity index (χ3n) is 3.04. The number of amides is 3. The van der Waals surface area contributed by atoms with E-state index >= 15 is 0 Å². The molecule has 1 aliphatic carbocycles. The fourth-order valence-electron chi connectivity index (χ4n) is 1.74. The van der Waals surface area contributed by atoms with E-state index in [0.29, 0.717) is 5.56 Å². The summed E-state index contributed by atoms with van der Waals surface area (Å²) in [6.45, 7) is -0.639. The Labute approximate surface area is 146 Å². The third-order valence-corrected chi connectivity index (χ3v) is 3.04. The topological polar surface area (TPSA) is 93.7 Å². The van der Waals surface area contributed by atoms with Crippen LogP contribution in [0.25, 0.3) is 6.08 Å². The number of esters is 1. The first-order chi connectivity index (χ1) is 12.2. The molecule has 0 heterocycles. The lowest BCUT2D eigenvalue weighted by Gasteiger charge is -2.08. The van der Waals surface area contributed by atoms with Crippen molar-refractivity contribution in [3.63, 3.8) is 0 Å². The number of rotatable bonds is 6. The molecule has 7 nitrogen and oxygen atoms in total. The maximum absolute atomic E-state index is 12.0. The summed E-state index contributed by atoms with van der Waals surface area (Å²) in [5, 5.41) is 4.54. The van der Waals surface area contributed by atoms with Crippen LogP contribution < -0.4 is 15.4 Å². The summed E-state index contributed by atoms with van der Waals surface area (Å²) < 4.78 is 44.5. The zero-order chi connectivity index (χ0) is 19.2. The molecule has 10 heteroatoms. The lowest BCUT2D eigenvalue weighted by molar-refractivity contribution is -0.274. The molecule has 0 spiro atoms. The first-order valence-electron chi connectivity index (χ1n) is 7.52. The molecule has 2 rings (SSSR count). The number of imide groups is 1. The zero-order valence-electron chi connectivity index (χ0n) is 13.3. The van der Waals surface area contributed by atoms with Crippen LogP contribution >= 0.6 is 0 Å². The molecule has 26 heavy (non-hydrogen) atoms. The number of carbonyl (C=O) groups excluding carboxylic acids is 3. The van der Waals surface area contributed by atoms with Crippen molar-refractivity contribution >= 4 is 24.0 Å². The first-order valence-corrected chi connectivity index (χ1v) is 7.52. The molecular weight excluding hydrogens is 357 g/mol. The van der Waals surface area contributed by atoms with Gasteiger partial charge >= 0.3 is 18.4 Å². The van der Waals surface area contributed by atoms with Gasteiger partial charge in [0.1, 0.15) is 5.75 Å². The van der Waals surface area contributed by atoms with Crippen molar-refractivity contribution in [2.75, 3.05) is 6.61 Å². The van der Waals surface area contributed by atoms with E-state index in [1.165, 1.54) is 18.2 Å². The maximum atomic E-state index is 12.0. The zero-order valence-corrected chi connectivity index (χ0v) is 13.3. The second-order valence-corrected chi connectivity index (χ2v) is 5.35. The van der Waals surface area contributed by atoms with Gasteiger partial charge in [-0.05, 0) is 36.6 Å². The van der Waals surface area contributed by atoms with E-state index in [2.05, 4.69) is 14.8 Å². The molecular formula is C16H15F3N2O5. The van der Waals surface area contributed by atoms with E-state index in [1.54, 1.807) is 0 Å². The van der Waals surface area contributed by atoms with Gasteiger partial charge in [-0.3, -0.25) is 10.1 Å². The number of hydrogen-bond acceptors (Lipinski definition) is 5. The number of halogens is 3. The molecule has 0 bridgehead atoms. The van der Waals surface area contributed by atoms with E-state index in [1.807, 2.05) is 5.32 Å². The lowest BCUT2D eigenvalue weighted by Crippen LogP contribution is -2.42. The quantitative estimate of drug-likeness (QED) is 0.589. The Morgan fingerprint density at radius 2 is 1.81 bits per heavy atom. The molecule has 3 amide bonds. The van der Waals surface area contributed by atoms with Crippen LogP contribution in [0.2, 0.25) is 0 Å². The summed E-state index contributed by atoms with van der Waals surface area (Å²) >= 11 is 0. The van der Waals surface area contributed by atoms with Crippen LogP contribution in [0.15, 0.2) is 30.3 Å². The van der Waals surface area contributed by atoms with Crippen LogP contribution in [-0.4, -0.2) is 36.9 Å². The van der Waals surface area contributed by atoms with Crippen molar-refractivity contribution < 1.29 is 37.0 Å². The Balaban J connectivity index is 1.72. The average molecular weight is 372 g/mol. The number of hydrogen-bond donors (Lipinski definition) is 2. The van der Waals surface area contributed by atoms with Gasteiger partial charge in [0.2, 0.25) is 0 Å². The third kappa shape index (κ3) is 7.69. The van der Waals surface area contributed by atoms with Gasteiger partial charge in [0.25, 0.3) is 5.91 Å². The van der Waals surface area contributed by atoms with Crippen LogP contribution in [-0.2, 0) is 14.3 Å². The molecule has 1 saturated carbocycles. The van der Waals surface area contributed by atoms with Gasteiger partial charge in [0.05, 0.1) is 0 Å². The fraction of sp³-hybridized carbons (Fsp3) is 0.312. The Kier molecular flexibility index (Phi) is 6.21. The lowest BCUT2D eigenvalue weighted by atomic mass is 10.2. The molecule has 0 atom stereocenters. The average Bonchev–Trinajstić information content (AvgIpc) is 3.34.